The van der Waals surface area contributed by atoms with Crippen molar-refractivity contribution in [1.82, 2.24) is 0 Å². The largest absolute Gasteiger partial charge is 0.339 e. The summed E-state index contributed by atoms with van der Waals surface area (Å²) in [6.45, 7) is 6.06. The van der Waals surface area contributed by atoms with Gasteiger partial charge in [0.1, 0.15) is 0 Å². The van der Waals surface area contributed by atoms with Crippen molar-refractivity contribution in [1.29, 1.82) is 0 Å². The van der Waals surface area contributed by atoms with Gasteiger partial charge in [-0.25, -0.2) is 0 Å². The topological polar surface area (TPSA) is 51.2 Å². The number of allylic oxidation sites excluding steroid dienone is 4. The smallest absolute Gasteiger partial charge is 0.0156 e. The van der Waals surface area contributed by atoms with Gasteiger partial charge in [-0.1, -0.05) is 30.2 Å². The minimum Gasteiger partial charge on any atom is -0.339 e. The first kappa shape index (κ1) is 14.9. The Morgan fingerprint density at radius 3 is 2.12 bits per heavy atom. The maximum atomic E-state index is 9.40. The van der Waals surface area contributed by atoms with Gasteiger partial charge >= 0.3 is 43.1 Å². The van der Waals surface area contributed by atoms with Gasteiger partial charge < -0.3 is 6.92 Å². The van der Waals surface area contributed by atoms with E-state index in [0.717, 1.165) is 12.8 Å². The molecular formula is C12H13O3W-. The van der Waals surface area contributed by atoms with Crippen LogP contribution in [0.2, 0.25) is 0 Å². The molecule has 0 amide bonds. The average molecular weight is 389 g/mol. The van der Waals surface area contributed by atoms with Crippen LogP contribution in [0.5, 0.6) is 0 Å². The molecular weight excluding hydrogens is 376 g/mol. The maximum Gasteiger partial charge on any atom is -0.0156 e. The van der Waals surface area contributed by atoms with Crippen LogP contribution in [0.25, 0.3) is 0 Å². The van der Waals surface area contributed by atoms with Crippen LogP contribution in [0.1, 0.15) is 26.2 Å². The first-order valence-electron chi connectivity index (χ1n) is 4.77. The third-order valence-electron chi connectivity index (χ3n) is 2.07. The van der Waals surface area contributed by atoms with E-state index in [1.807, 2.05) is 0 Å². The van der Waals surface area contributed by atoms with Gasteiger partial charge in [0.05, 0.1) is 0 Å². The number of carbonyl (C=O) groups excluding carboxylic acids is 3. The Bertz CT molecular complexity index is 459. The van der Waals surface area contributed by atoms with Crippen LogP contribution in [0.3, 0.4) is 0 Å². The van der Waals surface area contributed by atoms with Crippen LogP contribution in [0.4, 0.5) is 0 Å². The van der Waals surface area contributed by atoms with Gasteiger partial charge in [0.2, 0.25) is 0 Å². The summed E-state index contributed by atoms with van der Waals surface area (Å²) in [5.41, 5.74) is 3.03. The summed E-state index contributed by atoms with van der Waals surface area (Å²) in [7, 11) is 0. The molecule has 1 aliphatic rings. The molecule has 0 spiro atoms. The van der Waals surface area contributed by atoms with E-state index in [9.17, 15) is 14.4 Å². The van der Waals surface area contributed by atoms with Gasteiger partial charge in [0, 0.05) is 0 Å². The molecule has 3 nitrogen and oxygen atoms in total. The number of hydrogen-bond donors (Lipinski definition) is 0. The fourth-order valence-corrected chi connectivity index (χ4v) is 1.64. The van der Waals surface area contributed by atoms with Crippen molar-refractivity contribution in [2.24, 2.45) is 0 Å². The SMILES string of the molecule is O=[C]=[W](=[C]=O)=[C]=O.[CH2-]CC1=C(CC)C=CC1. The molecule has 0 aliphatic heterocycles. The monoisotopic (exact) mass is 389 g/mol. The molecule has 16 heavy (non-hydrogen) atoms. The molecule has 0 unspecified atom stereocenters. The Balaban J connectivity index is 0.000000293. The van der Waals surface area contributed by atoms with Gasteiger partial charge in [-0.15, -0.1) is 0 Å². The van der Waals surface area contributed by atoms with Crippen LogP contribution >= 0.6 is 0 Å². The molecule has 0 bridgehead atoms. The normalized spacial score (nSPS) is 12.1. The number of hydrogen-bond acceptors (Lipinski definition) is 3. The predicted octanol–water partition coefficient (Wildman–Crippen LogP) is 1.68. The summed E-state index contributed by atoms with van der Waals surface area (Å²) < 4.78 is 3.90. The van der Waals surface area contributed by atoms with E-state index >= 15 is 0 Å². The molecule has 0 saturated carbocycles. The second kappa shape index (κ2) is 9.16. The third kappa shape index (κ3) is 5.12. The molecule has 0 aromatic carbocycles. The molecule has 0 aromatic heterocycles. The van der Waals surface area contributed by atoms with Gasteiger partial charge in [-0.2, -0.15) is 6.42 Å². The van der Waals surface area contributed by atoms with Crippen molar-refractivity contribution in [2.75, 3.05) is 0 Å². The molecule has 0 fully saturated rings. The van der Waals surface area contributed by atoms with Crippen molar-refractivity contribution in [3.05, 3.63) is 30.2 Å². The Labute approximate surface area is 99.6 Å². The molecule has 1 rings (SSSR count). The summed E-state index contributed by atoms with van der Waals surface area (Å²) in [6, 6.07) is 0. The van der Waals surface area contributed by atoms with E-state index in [1.54, 1.807) is 0 Å². The molecule has 0 N–H and O–H groups in total. The molecule has 0 saturated heterocycles. The predicted molar refractivity (Wildman–Crippen MR) is 58.1 cm³/mol. The Morgan fingerprint density at radius 1 is 1.31 bits per heavy atom. The van der Waals surface area contributed by atoms with Gasteiger partial charge in [0.15, 0.2) is 0 Å². The van der Waals surface area contributed by atoms with Gasteiger partial charge in [0.25, 0.3) is 0 Å². The van der Waals surface area contributed by atoms with Crippen molar-refractivity contribution in [2.45, 2.75) is 26.2 Å². The summed E-state index contributed by atoms with van der Waals surface area (Å²) in [6.07, 6.45) is 7.74. The van der Waals surface area contributed by atoms with Crippen LogP contribution in [-0.2, 0) is 30.3 Å². The maximum absolute atomic E-state index is 9.40. The van der Waals surface area contributed by atoms with E-state index in [1.165, 1.54) is 30.4 Å². The summed E-state index contributed by atoms with van der Waals surface area (Å²) in [5.74, 6) is 0. The molecule has 0 radical (unpaired) electrons. The Hall–Kier alpha value is -1.09. The standard InChI is InChI=1S/C9H13.3CO.W/c1-3-8-6-5-7-9(8)4-2;3*1-2;/h5,7H,1,3-4,6H2,2H3;;;;/q-1;;;;. The van der Waals surface area contributed by atoms with Crippen LogP contribution in [-0.4, -0.2) is 12.8 Å². The van der Waals surface area contributed by atoms with E-state index in [-0.39, 0.29) is 0 Å². The Morgan fingerprint density at radius 2 is 1.88 bits per heavy atom. The first-order valence-corrected chi connectivity index (χ1v) is 9.17. The minimum absolute atomic E-state index is 0.982. The summed E-state index contributed by atoms with van der Waals surface area (Å²) in [4.78, 5) is 28.2. The van der Waals surface area contributed by atoms with Gasteiger partial charge in [-0.05, 0) is 12.8 Å². The molecule has 1 aliphatic carbocycles. The van der Waals surface area contributed by atoms with E-state index in [4.69, 9.17) is 0 Å². The van der Waals surface area contributed by atoms with Crippen molar-refractivity contribution < 1.29 is 30.3 Å². The fourth-order valence-electron chi connectivity index (χ4n) is 1.27. The zero-order chi connectivity index (χ0) is 12.4. The molecule has 86 valence electrons. The first-order chi connectivity index (χ1) is 7.73. The van der Waals surface area contributed by atoms with Crippen LogP contribution < -0.4 is 0 Å². The summed E-state index contributed by atoms with van der Waals surface area (Å²) >= 11 is -3.05. The third-order valence-corrected chi connectivity index (χ3v) is 3.87. The summed E-state index contributed by atoms with van der Waals surface area (Å²) in [5, 5.41) is 0. The van der Waals surface area contributed by atoms with Crippen LogP contribution in [0.15, 0.2) is 23.3 Å². The molecule has 4 heteroatoms. The molecule has 0 heterocycles. The number of rotatable bonds is 2. The van der Waals surface area contributed by atoms with Gasteiger partial charge in [-0.3, -0.25) is 0 Å². The van der Waals surface area contributed by atoms with Crippen molar-refractivity contribution in [3.63, 3.8) is 0 Å². The minimum atomic E-state index is -3.05. The van der Waals surface area contributed by atoms with E-state index in [2.05, 4.69) is 26.0 Å². The van der Waals surface area contributed by atoms with Crippen molar-refractivity contribution in [3.8, 4) is 0 Å². The zero-order valence-electron chi connectivity index (χ0n) is 9.12. The fraction of sp³-hybridized carbons (Fsp3) is 0.333. The Kier molecular flexibility index (Phi) is 8.53. The molecule has 0 atom stereocenters. The zero-order valence-corrected chi connectivity index (χ0v) is 12.0. The second-order valence-electron chi connectivity index (χ2n) is 2.90. The van der Waals surface area contributed by atoms with E-state index < -0.39 is 15.9 Å². The van der Waals surface area contributed by atoms with Crippen LogP contribution in [0, 0.1) is 6.92 Å². The quantitative estimate of drug-likeness (QED) is 0.676. The average Bonchev–Trinajstić information content (AvgIpc) is 2.79. The van der Waals surface area contributed by atoms with Crippen molar-refractivity contribution >= 4 is 12.8 Å². The van der Waals surface area contributed by atoms with E-state index in [0.29, 0.717) is 0 Å². The molecule has 0 aromatic rings. The second-order valence-corrected chi connectivity index (χ2v) is 6.89.